The van der Waals surface area contributed by atoms with Crippen LogP contribution in [0, 0.1) is 0 Å². The summed E-state index contributed by atoms with van der Waals surface area (Å²) in [5.74, 6) is -0.162. The molecule has 24 heavy (non-hydrogen) atoms. The number of aromatic amines is 1. The molecule has 5 nitrogen and oxygen atoms in total. The Morgan fingerprint density at radius 3 is 2.46 bits per heavy atom. The predicted octanol–water partition coefficient (Wildman–Crippen LogP) is 3.70. The summed E-state index contributed by atoms with van der Waals surface area (Å²) in [4.78, 5) is 16.8. The molecule has 1 N–H and O–H groups in total. The third kappa shape index (κ3) is 4.97. The maximum Gasteiger partial charge on any atom is 0.274 e. The second kappa shape index (κ2) is 9.06. The van der Waals surface area contributed by atoms with Crippen molar-refractivity contribution < 1.29 is 4.79 Å². The van der Waals surface area contributed by atoms with Crippen molar-refractivity contribution in [3.63, 3.8) is 0 Å². The van der Waals surface area contributed by atoms with E-state index in [1.807, 2.05) is 24.3 Å². The van der Waals surface area contributed by atoms with Crippen LogP contribution in [-0.4, -0.2) is 52.1 Å². The van der Waals surface area contributed by atoms with Gasteiger partial charge in [-0.25, -0.2) is 0 Å². The van der Waals surface area contributed by atoms with E-state index in [4.69, 9.17) is 23.2 Å². The highest BCUT2D eigenvalue weighted by atomic mass is 35.5. The first-order valence-electron chi connectivity index (χ1n) is 8.01. The lowest BCUT2D eigenvalue weighted by Gasteiger charge is -2.26. The molecule has 0 radical (unpaired) electrons. The van der Waals surface area contributed by atoms with Gasteiger partial charge in [-0.05, 0) is 24.7 Å². The van der Waals surface area contributed by atoms with Gasteiger partial charge in [0.15, 0.2) is 5.69 Å². The van der Waals surface area contributed by atoms with Crippen molar-refractivity contribution in [2.24, 2.45) is 0 Å². The molecular formula is C17H22Cl2N4O. The number of aromatic nitrogens is 2. The van der Waals surface area contributed by atoms with Crippen LogP contribution in [0.2, 0.25) is 10.2 Å². The van der Waals surface area contributed by atoms with Crippen LogP contribution >= 0.6 is 23.2 Å². The van der Waals surface area contributed by atoms with Crippen LogP contribution < -0.4 is 0 Å². The van der Waals surface area contributed by atoms with Crippen LogP contribution in [0.5, 0.6) is 0 Å². The van der Waals surface area contributed by atoms with Crippen molar-refractivity contribution in [3.8, 4) is 0 Å². The second-order valence-electron chi connectivity index (χ2n) is 5.45. The zero-order valence-corrected chi connectivity index (χ0v) is 15.4. The zero-order valence-electron chi connectivity index (χ0n) is 13.9. The summed E-state index contributed by atoms with van der Waals surface area (Å²) in [6.45, 7) is 7.92. The summed E-state index contributed by atoms with van der Waals surface area (Å²) >= 11 is 12.1. The summed E-state index contributed by atoms with van der Waals surface area (Å²) in [5.41, 5.74) is 1.22. The predicted molar refractivity (Wildman–Crippen MR) is 97.6 cm³/mol. The molecule has 2 aromatic rings. The van der Waals surface area contributed by atoms with Gasteiger partial charge in [-0.3, -0.25) is 9.89 Å². The number of carbonyl (C=O) groups is 1. The smallest absolute Gasteiger partial charge is 0.274 e. The second-order valence-corrected chi connectivity index (χ2v) is 6.26. The molecule has 130 valence electrons. The minimum Gasteiger partial charge on any atom is -0.332 e. The van der Waals surface area contributed by atoms with Gasteiger partial charge in [0.25, 0.3) is 5.91 Å². The van der Waals surface area contributed by atoms with Crippen LogP contribution in [-0.2, 0) is 6.54 Å². The van der Waals surface area contributed by atoms with Gasteiger partial charge in [-0.1, -0.05) is 55.2 Å². The molecule has 0 fully saturated rings. The lowest BCUT2D eigenvalue weighted by atomic mass is 10.2. The number of rotatable bonds is 8. The van der Waals surface area contributed by atoms with E-state index in [9.17, 15) is 4.79 Å². The zero-order chi connectivity index (χ0) is 17.5. The molecule has 0 aliphatic carbocycles. The van der Waals surface area contributed by atoms with Gasteiger partial charge in [0, 0.05) is 30.7 Å². The van der Waals surface area contributed by atoms with Crippen molar-refractivity contribution in [2.45, 2.75) is 20.4 Å². The van der Waals surface area contributed by atoms with Crippen molar-refractivity contribution in [1.29, 1.82) is 0 Å². The molecule has 0 atom stereocenters. The van der Waals surface area contributed by atoms with Crippen LogP contribution in [0.3, 0.4) is 0 Å². The Labute approximate surface area is 152 Å². The number of H-pyrrole nitrogens is 1. The van der Waals surface area contributed by atoms with Crippen LogP contribution in [0.4, 0.5) is 0 Å². The van der Waals surface area contributed by atoms with E-state index in [0.717, 1.165) is 25.2 Å². The van der Waals surface area contributed by atoms with Crippen molar-refractivity contribution in [1.82, 2.24) is 20.0 Å². The largest absolute Gasteiger partial charge is 0.332 e. The number of amides is 1. The standard InChI is InChI=1S/C17H22Cl2N4O/c1-3-22(4-2)9-10-23(12-13-7-5-6-8-14(13)18)17(24)15-11-16(19)21-20-15/h5-8,11H,3-4,9-10,12H2,1-2H3,(H,20,21). The Bertz CT molecular complexity index is 670. The van der Waals surface area contributed by atoms with Gasteiger partial charge in [0.2, 0.25) is 0 Å². The van der Waals surface area contributed by atoms with E-state index in [2.05, 4.69) is 28.9 Å². The Morgan fingerprint density at radius 1 is 1.17 bits per heavy atom. The third-order valence-electron chi connectivity index (χ3n) is 3.95. The fourth-order valence-electron chi connectivity index (χ4n) is 2.46. The van der Waals surface area contributed by atoms with Crippen LogP contribution in [0.25, 0.3) is 0 Å². The van der Waals surface area contributed by atoms with Crippen molar-refractivity contribution >= 4 is 29.1 Å². The molecule has 2 rings (SSSR count). The van der Waals surface area contributed by atoms with E-state index in [-0.39, 0.29) is 5.91 Å². The summed E-state index contributed by atoms with van der Waals surface area (Å²) < 4.78 is 0. The molecule has 0 unspecified atom stereocenters. The average Bonchev–Trinajstić information content (AvgIpc) is 3.02. The highest BCUT2D eigenvalue weighted by molar-refractivity contribution is 6.31. The Morgan fingerprint density at radius 2 is 1.88 bits per heavy atom. The van der Waals surface area contributed by atoms with Gasteiger partial charge in [-0.15, -0.1) is 0 Å². The molecular weight excluding hydrogens is 347 g/mol. The number of halogens is 2. The molecule has 0 aliphatic rings. The monoisotopic (exact) mass is 368 g/mol. The van der Waals surface area contributed by atoms with E-state index < -0.39 is 0 Å². The first kappa shape index (κ1) is 18.8. The number of nitrogens with zero attached hydrogens (tertiary/aromatic N) is 3. The summed E-state index contributed by atoms with van der Waals surface area (Å²) in [7, 11) is 0. The van der Waals surface area contributed by atoms with Crippen LogP contribution in [0.1, 0.15) is 29.9 Å². The van der Waals surface area contributed by atoms with Gasteiger partial charge in [-0.2, -0.15) is 5.10 Å². The van der Waals surface area contributed by atoms with Gasteiger partial charge >= 0.3 is 0 Å². The molecule has 0 spiro atoms. The maximum absolute atomic E-state index is 12.8. The summed E-state index contributed by atoms with van der Waals surface area (Å²) in [5, 5.41) is 7.57. The molecule has 1 amide bonds. The molecule has 0 saturated heterocycles. The Hall–Kier alpha value is -1.56. The molecule has 0 saturated carbocycles. The van der Waals surface area contributed by atoms with Crippen LogP contribution in [0.15, 0.2) is 30.3 Å². The third-order valence-corrected chi connectivity index (χ3v) is 4.51. The number of hydrogen-bond acceptors (Lipinski definition) is 3. The summed E-state index contributed by atoms with van der Waals surface area (Å²) in [6, 6.07) is 9.09. The normalized spacial score (nSPS) is 11.0. The van der Waals surface area contributed by atoms with Gasteiger partial charge < -0.3 is 9.80 Å². The Kier molecular flexibility index (Phi) is 7.09. The van der Waals surface area contributed by atoms with Gasteiger partial charge in [0.1, 0.15) is 5.15 Å². The van der Waals surface area contributed by atoms with Crippen molar-refractivity contribution in [2.75, 3.05) is 26.2 Å². The lowest BCUT2D eigenvalue weighted by molar-refractivity contribution is 0.0718. The molecule has 1 aromatic heterocycles. The maximum atomic E-state index is 12.8. The highest BCUT2D eigenvalue weighted by Crippen LogP contribution is 2.18. The Balaban J connectivity index is 2.17. The number of nitrogens with one attached hydrogen (secondary N) is 1. The summed E-state index contributed by atoms with van der Waals surface area (Å²) in [6.07, 6.45) is 0. The topological polar surface area (TPSA) is 52.2 Å². The molecule has 0 bridgehead atoms. The quantitative estimate of drug-likeness (QED) is 0.772. The molecule has 1 heterocycles. The lowest BCUT2D eigenvalue weighted by Crippen LogP contribution is -2.38. The number of likely N-dealkylation sites (N-methyl/N-ethyl adjacent to an activating group) is 1. The minimum absolute atomic E-state index is 0.162. The first-order chi connectivity index (χ1) is 11.5. The fourth-order valence-corrected chi connectivity index (χ4v) is 2.80. The highest BCUT2D eigenvalue weighted by Gasteiger charge is 2.20. The number of hydrogen-bond donors (Lipinski definition) is 1. The number of carbonyl (C=O) groups excluding carboxylic acids is 1. The minimum atomic E-state index is -0.162. The van der Waals surface area contributed by atoms with E-state index in [1.54, 1.807) is 11.0 Å². The molecule has 0 aliphatic heterocycles. The fraction of sp³-hybridized carbons (Fsp3) is 0.412. The molecule has 7 heteroatoms. The van der Waals surface area contributed by atoms with Crippen molar-refractivity contribution in [3.05, 3.63) is 51.8 Å². The average molecular weight is 369 g/mol. The van der Waals surface area contributed by atoms with E-state index in [0.29, 0.717) is 29.0 Å². The SMILES string of the molecule is CCN(CC)CCN(Cc1ccccc1Cl)C(=O)c1cc(Cl)[nH]n1. The first-order valence-corrected chi connectivity index (χ1v) is 8.76. The molecule has 1 aromatic carbocycles. The number of benzene rings is 1. The van der Waals surface area contributed by atoms with E-state index >= 15 is 0 Å². The van der Waals surface area contributed by atoms with E-state index in [1.165, 1.54) is 0 Å². The van der Waals surface area contributed by atoms with Gasteiger partial charge in [0.05, 0.1) is 0 Å².